The zero-order chi connectivity index (χ0) is 19.3. The molecule has 0 aliphatic carbocycles. The first-order chi connectivity index (χ1) is 12.2. The Hall–Kier alpha value is -2.24. The molecule has 1 N–H and O–H groups in total. The predicted molar refractivity (Wildman–Crippen MR) is 101 cm³/mol. The highest BCUT2D eigenvalue weighted by atomic mass is 16.6. The van der Waals surface area contributed by atoms with E-state index in [-0.39, 0.29) is 18.2 Å². The fourth-order valence-corrected chi connectivity index (χ4v) is 3.01. The molecular weight excluding hydrogens is 332 g/mol. The summed E-state index contributed by atoms with van der Waals surface area (Å²) in [6, 6.07) is 7.52. The Kier molecular flexibility index (Phi) is 6.51. The number of nitrogens with zero attached hydrogens (tertiary/aromatic N) is 1. The first-order valence-corrected chi connectivity index (χ1v) is 9.23. The second kappa shape index (κ2) is 8.43. The number of rotatable bonds is 3. The number of likely N-dealkylation sites (tertiary alicyclic amines) is 1. The molecule has 144 valence electrons. The lowest BCUT2D eigenvalue weighted by molar-refractivity contribution is 0.0524. The van der Waals surface area contributed by atoms with Gasteiger partial charge in [0.25, 0.3) is 0 Å². The number of carbonyl (C=O) groups excluding carboxylic acids is 2. The molecule has 1 aromatic carbocycles. The number of benzene rings is 1. The number of hydrogen-bond acceptors (Lipinski definition) is 4. The van der Waals surface area contributed by atoms with Gasteiger partial charge >= 0.3 is 12.2 Å². The van der Waals surface area contributed by atoms with Crippen molar-refractivity contribution in [2.45, 2.75) is 71.6 Å². The number of ether oxygens (including phenoxy) is 2. The van der Waals surface area contributed by atoms with Crippen LogP contribution >= 0.6 is 0 Å². The normalized spacial score (nSPS) is 17.8. The SMILES string of the molecule is CC(C)OC(=O)N1CCCCC1c1cccc(NC(=O)OC(C)(C)C)c1. The van der Waals surface area contributed by atoms with Crippen LogP contribution in [0.5, 0.6) is 0 Å². The average molecular weight is 362 g/mol. The van der Waals surface area contributed by atoms with E-state index in [0.29, 0.717) is 12.2 Å². The van der Waals surface area contributed by atoms with Crippen LogP contribution in [0.15, 0.2) is 24.3 Å². The van der Waals surface area contributed by atoms with E-state index in [4.69, 9.17) is 9.47 Å². The molecular formula is C20H30N2O4. The van der Waals surface area contributed by atoms with Crippen molar-refractivity contribution in [2.75, 3.05) is 11.9 Å². The Morgan fingerprint density at radius 2 is 1.96 bits per heavy atom. The van der Waals surface area contributed by atoms with Gasteiger partial charge in [-0.05, 0) is 71.6 Å². The standard InChI is InChI=1S/C20H30N2O4/c1-14(2)25-19(24)22-12-7-6-11-17(22)15-9-8-10-16(13-15)21-18(23)26-20(3,4)5/h8-10,13-14,17H,6-7,11-12H2,1-5H3,(H,21,23). The van der Waals surface area contributed by atoms with Crippen LogP contribution in [-0.4, -0.2) is 35.3 Å². The molecule has 2 amide bonds. The number of nitrogens with one attached hydrogen (secondary N) is 1. The first kappa shape index (κ1) is 20.1. The summed E-state index contributed by atoms with van der Waals surface area (Å²) in [5.74, 6) is 0. The van der Waals surface area contributed by atoms with Gasteiger partial charge < -0.3 is 14.4 Å². The van der Waals surface area contributed by atoms with E-state index in [1.807, 2.05) is 58.9 Å². The Labute approximate surface area is 155 Å². The highest BCUT2D eigenvalue weighted by Crippen LogP contribution is 2.32. The summed E-state index contributed by atoms with van der Waals surface area (Å²) in [7, 11) is 0. The van der Waals surface area contributed by atoms with Crippen molar-refractivity contribution in [3.05, 3.63) is 29.8 Å². The highest BCUT2D eigenvalue weighted by Gasteiger charge is 2.29. The van der Waals surface area contributed by atoms with Crippen molar-refractivity contribution < 1.29 is 19.1 Å². The Morgan fingerprint density at radius 1 is 1.23 bits per heavy atom. The summed E-state index contributed by atoms with van der Waals surface area (Å²) in [6.45, 7) is 9.85. The molecule has 1 unspecified atom stereocenters. The summed E-state index contributed by atoms with van der Waals surface area (Å²) in [5, 5.41) is 2.76. The number of carbonyl (C=O) groups is 2. The molecule has 6 heteroatoms. The van der Waals surface area contributed by atoms with E-state index in [2.05, 4.69) is 5.32 Å². The van der Waals surface area contributed by atoms with Gasteiger partial charge in [-0.1, -0.05) is 12.1 Å². The smallest absolute Gasteiger partial charge is 0.412 e. The van der Waals surface area contributed by atoms with E-state index in [0.717, 1.165) is 24.8 Å². The maximum absolute atomic E-state index is 12.4. The minimum absolute atomic E-state index is 0.0459. The molecule has 1 aliphatic heterocycles. The molecule has 0 spiro atoms. The van der Waals surface area contributed by atoms with Gasteiger partial charge in [0.2, 0.25) is 0 Å². The molecule has 1 heterocycles. The van der Waals surface area contributed by atoms with Crippen LogP contribution in [0, 0.1) is 0 Å². The largest absolute Gasteiger partial charge is 0.447 e. The lowest BCUT2D eigenvalue weighted by atomic mass is 9.95. The average Bonchev–Trinajstić information content (AvgIpc) is 2.52. The van der Waals surface area contributed by atoms with Gasteiger partial charge in [0.1, 0.15) is 5.60 Å². The number of amides is 2. The molecule has 2 rings (SSSR count). The zero-order valence-corrected chi connectivity index (χ0v) is 16.4. The second-order valence-electron chi connectivity index (χ2n) is 7.89. The lowest BCUT2D eigenvalue weighted by Gasteiger charge is -2.35. The third kappa shape index (κ3) is 5.93. The van der Waals surface area contributed by atoms with Gasteiger partial charge in [-0.3, -0.25) is 5.32 Å². The fraction of sp³-hybridized carbons (Fsp3) is 0.600. The summed E-state index contributed by atoms with van der Waals surface area (Å²) in [4.78, 5) is 26.2. The highest BCUT2D eigenvalue weighted by molar-refractivity contribution is 5.85. The van der Waals surface area contributed by atoms with Crippen LogP contribution in [0.4, 0.5) is 15.3 Å². The molecule has 1 aromatic rings. The minimum Gasteiger partial charge on any atom is -0.447 e. The minimum atomic E-state index is -0.553. The molecule has 1 fully saturated rings. The fourth-order valence-electron chi connectivity index (χ4n) is 3.01. The summed E-state index contributed by atoms with van der Waals surface area (Å²) in [6.07, 6.45) is 1.98. The molecule has 1 saturated heterocycles. The lowest BCUT2D eigenvalue weighted by Crippen LogP contribution is -2.39. The Bertz CT molecular complexity index is 637. The molecule has 1 aliphatic rings. The zero-order valence-electron chi connectivity index (χ0n) is 16.4. The summed E-state index contributed by atoms with van der Waals surface area (Å²) in [5.41, 5.74) is 1.08. The van der Waals surface area contributed by atoms with Crippen LogP contribution in [0.2, 0.25) is 0 Å². The summed E-state index contributed by atoms with van der Waals surface area (Å²) >= 11 is 0. The van der Waals surface area contributed by atoms with Crippen LogP contribution in [-0.2, 0) is 9.47 Å². The quantitative estimate of drug-likeness (QED) is 0.812. The van der Waals surface area contributed by atoms with Gasteiger partial charge in [-0.2, -0.15) is 0 Å². The van der Waals surface area contributed by atoms with Crippen molar-refractivity contribution in [3.63, 3.8) is 0 Å². The molecule has 1 atom stereocenters. The maximum Gasteiger partial charge on any atom is 0.412 e. The van der Waals surface area contributed by atoms with Crippen molar-refractivity contribution in [2.24, 2.45) is 0 Å². The number of piperidine rings is 1. The Balaban J connectivity index is 2.13. The van der Waals surface area contributed by atoms with Gasteiger partial charge in [-0.15, -0.1) is 0 Å². The van der Waals surface area contributed by atoms with Crippen LogP contribution in [0.3, 0.4) is 0 Å². The second-order valence-corrected chi connectivity index (χ2v) is 7.89. The van der Waals surface area contributed by atoms with Crippen LogP contribution in [0.1, 0.15) is 65.5 Å². The third-order valence-corrected chi connectivity index (χ3v) is 3.99. The molecule has 0 bridgehead atoms. The topological polar surface area (TPSA) is 67.9 Å². The van der Waals surface area contributed by atoms with E-state index in [9.17, 15) is 9.59 Å². The third-order valence-electron chi connectivity index (χ3n) is 3.99. The monoisotopic (exact) mass is 362 g/mol. The van der Waals surface area contributed by atoms with Crippen molar-refractivity contribution in [1.82, 2.24) is 4.90 Å². The molecule has 26 heavy (non-hydrogen) atoms. The van der Waals surface area contributed by atoms with Crippen molar-refractivity contribution in [1.29, 1.82) is 0 Å². The maximum atomic E-state index is 12.4. The van der Waals surface area contributed by atoms with Crippen molar-refractivity contribution in [3.8, 4) is 0 Å². The van der Waals surface area contributed by atoms with E-state index in [1.165, 1.54) is 0 Å². The van der Waals surface area contributed by atoms with E-state index < -0.39 is 11.7 Å². The molecule has 0 radical (unpaired) electrons. The molecule has 0 aromatic heterocycles. The molecule has 6 nitrogen and oxygen atoms in total. The van der Waals surface area contributed by atoms with Gasteiger partial charge in [0.15, 0.2) is 0 Å². The van der Waals surface area contributed by atoms with Gasteiger partial charge in [-0.25, -0.2) is 9.59 Å². The van der Waals surface area contributed by atoms with Crippen molar-refractivity contribution >= 4 is 17.9 Å². The number of anilines is 1. The number of hydrogen-bond donors (Lipinski definition) is 1. The predicted octanol–water partition coefficient (Wildman–Crippen LogP) is 5.11. The van der Waals surface area contributed by atoms with Crippen LogP contribution in [0.25, 0.3) is 0 Å². The van der Waals surface area contributed by atoms with Crippen LogP contribution < -0.4 is 5.32 Å². The van der Waals surface area contributed by atoms with E-state index in [1.54, 1.807) is 4.90 Å². The van der Waals surface area contributed by atoms with Gasteiger partial charge in [0, 0.05) is 12.2 Å². The first-order valence-electron chi connectivity index (χ1n) is 9.23. The Morgan fingerprint density at radius 3 is 2.62 bits per heavy atom. The molecule has 0 saturated carbocycles. The van der Waals surface area contributed by atoms with Gasteiger partial charge in [0.05, 0.1) is 12.1 Å². The van der Waals surface area contributed by atoms with E-state index >= 15 is 0 Å². The summed E-state index contributed by atoms with van der Waals surface area (Å²) < 4.78 is 10.7.